The number of amides is 1. The fourth-order valence-corrected chi connectivity index (χ4v) is 7.74. The van der Waals surface area contributed by atoms with Crippen molar-refractivity contribution in [2.45, 2.75) is 70.1 Å². The SMILES string of the molecule is CC(=O)Oc1cc(O)c2c3c1C[C@@H]1[C@@H]4CC[C@@H](N(CC(C)C)C(=O)/C=C/c5ccoc5)[C@H](O2)[C@]34CCN1C. The molecule has 1 spiro atoms. The summed E-state index contributed by atoms with van der Waals surface area (Å²) >= 11 is 0. The number of hydrogen-bond acceptors (Lipinski definition) is 7. The van der Waals surface area contributed by atoms with Crippen LogP contribution in [-0.4, -0.2) is 65.1 Å². The summed E-state index contributed by atoms with van der Waals surface area (Å²) in [5, 5.41) is 11.1. The first kappa shape index (κ1) is 25.0. The van der Waals surface area contributed by atoms with Crippen LogP contribution >= 0.6 is 0 Å². The minimum Gasteiger partial charge on any atom is -0.504 e. The lowest BCUT2D eigenvalue weighted by molar-refractivity contribution is -0.138. The van der Waals surface area contributed by atoms with Crippen LogP contribution in [0.1, 0.15) is 56.7 Å². The number of hydrogen-bond donors (Lipinski definition) is 1. The van der Waals surface area contributed by atoms with Crippen molar-refractivity contribution in [2.24, 2.45) is 11.8 Å². The molecule has 6 rings (SSSR count). The van der Waals surface area contributed by atoms with Crippen molar-refractivity contribution < 1.29 is 28.6 Å². The maximum atomic E-state index is 13.7. The number of likely N-dealkylation sites (tertiary alicyclic amines) is 1. The molecule has 1 amide bonds. The van der Waals surface area contributed by atoms with Crippen molar-refractivity contribution >= 4 is 18.0 Å². The van der Waals surface area contributed by atoms with Gasteiger partial charge in [-0.1, -0.05) is 13.8 Å². The van der Waals surface area contributed by atoms with Crippen LogP contribution in [0.4, 0.5) is 0 Å². The maximum Gasteiger partial charge on any atom is 0.308 e. The van der Waals surface area contributed by atoms with E-state index in [2.05, 4.69) is 25.8 Å². The number of ether oxygens (including phenoxy) is 2. The van der Waals surface area contributed by atoms with Gasteiger partial charge in [0.25, 0.3) is 0 Å². The van der Waals surface area contributed by atoms with Crippen LogP contribution in [0.25, 0.3) is 6.08 Å². The van der Waals surface area contributed by atoms with Crippen LogP contribution in [0.2, 0.25) is 0 Å². The minimum atomic E-state index is -0.408. The highest BCUT2D eigenvalue weighted by molar-refractivity contribution is 5.92. The Kier molecular flexibility index (Phi) is 6.05. The Balaban J connectivity index is 1.45. The molecule has 202 valence electrons. The van der Waals surface area contributed by atoms with Gasteiger partial charge >= 0.3 is 5.97 Å². The molecule has 38 heavy (non-hydrogen) atoms. The van der Waals surface area contributed by atoms with E-state index in [0.29, 0.717) is 24.0 Å². The van der Waals surface area contributed by atoms with Crippen molar-refractivity contribution in [1.82, 2.24) is 9.80 Å². The molecule has 2 aliphatic carbocycles. The molecule has 4 aliphatic rings. The summed E-state index contributed by atoms with van der Waals surface area (Å²) in [4.78, 5) is 30.1. The number of phenols is 1. The number of phenolic OH excluding ortho intramolecular Hbond substituents is 1. The molecule has 8 nitrogen and oxygen atoms in total. The number of furan rings is 1. The van der Waals surface area contributed by atoms with Crippen molar-refractivity contribution in [3.05, 3.63) is 47.4 Å². The summed E-state index contributed by atoms with van der Waals surface area (Å²) in [7, 11) is 2.17. The molecule has 2 aromatic rings. The van der Waals surface area contributed by atoms with Gasteiger partial charge in [-0.05, 0) is 63.3 Å². The topological polar surface area (TPSA) is 92.5 Å². The molecule has 0 radical (unpaired) electrons. The minimum absolute atomic E-state index is 0.000225. The zero-order valence-electron chi connectivity index (χ0n) is 22.5. The Labute approximate surface area is 223 Å². The predicted molar refractivity (Wildman–Crippen MR) is 141 cm³/mol. The van der Waals surface area contributed by atoms with Crippen molar-refractivity contribution in [3.8, 4) is 17.2 Å². The zero-order chi connectivity index (χ0) is 26.8. The van der Waals surface area contributed by atoms with E-state index in [-0.39, 0.29) is 41.2 Å². The third kappa shape index (κ3) is 3.75. The van der Waals surface area contributed by atoms with Crippen LogP contribution in [-0.2, 0) is 21.4 Å². The molecular formula is C30H36N2O6. The summed E-state index contributed by atoms with van der Waals surface area (Å²) in [6.07, 6.45) is 9.74. The lowest BCUT2D eigenvalue weighted by Gasteiger charge is -2.60. The molecule has 1 saturated carbocycles. The second kappa shape index (κ2) is 9.19. The van der Waals surface area contributed by atoms with Crippen molar-refractivity contribution in [3.63, 3.8) is 0 Å². The number of carbonyl (C=O) groups is 2. The van der Waals surface area contributed by atoms with Gasteiger partial charge in [0, 0.05) is 53.8 Å². The number of nitrogens with zero attached hydrogens (tertiary/aromatic N) is 2. The lowest BCUT2D eigenvalue weighted by atomic mass is 9.51. The quantitative estimate of drug-likeness (QED) is 0.348. The number of carbonyl (C=O) groups excluding carboxylic acids is 2. The normalized spacial score (nSPS) is 29.3. The average Bonchev–Trinajstić information content (AvgIpc) is 3.50. The van der Waals surface area contributed by atoms with Crippen molar-refractivity contribution in [1.29, 1.82) is 0 Å². The van der Waals surface area contributed by atoms with E-state index in [1.54, 1.807) is 24.7 Å². The van der Waals surface area contributed by atoms with Gasteiger partial charge in [-0.15, -0.1) is 0 Å². The van der Waals surface area contributed by atoms with Gasteiger partial charge in [0.05, 0.1) is 18.6 Å². The van der Waals surface area contributed by atoms with Crippen LogP contribution < -0.4 is 9.47 Å². The van der Waals surface area contributed by atoms with E-state index in [1.165, 1.54) is 13.0 Å². The van der Waals surface area contributed by atoms with E-state index in [4.69, 9.17) is 13.9 Å². The van der Waals surface area contributed by atoms with Crippen molar-refractivity contribution in [2.75, 3.05) is 20.1 Å². The monoisotopic (exact) mass is 520 g/mol. The Morgan fingerprint density at radius 3 is 2.87 bits per heavy atom. The van der Waals surface area contributed by atoms with Gasteiger partial charge in [-0.2, -0.15) is 0 Å². The van der Waals surface area contributed by atoms with Gasteiger partial charge < -0.3 is 28.8 Å². The zero-order valence-corrected chi connectivity index (χ0v) is 22.5. The van der Waals surface area contributed by atoms with Gasteiger partial charge in [-0.3, -0.25) is 9.59 Å². The summed E-state index contributed by atoms with van der Waals surface area (Å²) in [6.45, 7) is 7.14. The number of piperidine rings is 1. The van der Waals surface area contributed by atoms with Crippen LogP contribution in [0, 0.1) is 11.8 Å². The summed E-state index contributed by atoms with van der Waals surface area (Å²) < 4.78 is 17.5. The molecule has 1 aromatic carbocycles. The number of esters is 1. The second-order valence-electron chi connectivity index (χ2n) is 11.8. The molecule has 5 atom stereocenters. The number of aromatic hydroxyl groups is 1. The molecule has 3 heterocycles. The highest BCUT2D eigenvalue weighted by atomic mass is 16.5. The molecule has 2 fully saturated rings. The van der Waals surface area contributed by atoms with Gasteiger partial charge in [0.1, 0.15) is 11.9 Å². The first-order valence-electron chi connectivity index (χ1n) is 13.7. The van der Waals surface area contributed by atoms with Crippen LogP contribution in [0.15, 0.2) is 35.2 Å². The number of likely N-dealkylation sites (N-methyl/N-ethyl adjacent to an activating group) is 1. The Hall–Kier alpha value is -3.26. The largest absolute Gasteiger partial charge is 0.504 e. The second-order valence-corrected chi connectivity index (χ2v) is 11.8. The van der Waals surface area contributed by atoms with Gasteiger partial charge in [0.2, 0.25) is 5.91 Å². The Morgan fingerprint density at radius 2 is 2.16 bits per heavy atom. The molecule has 1 N–H and O–H groups in total. The van der Waals surface area contributed by atoms with E-state index in [9.17, 15) is 14.7 Å². The number of benzene rings is 1. The maximum absolute atomic E-state index is 13.7. The van der Waals surface area contributed by atoms with Crippen LogP contribution in [0.5, 0.6) is 17.2 Å². The smallest absolute Gasteiger partial charge is 0.308 e. The predicted octanol–water partition coefficient (Wildman–Crippen LogP) is 4.15. The lowest BCUT2D eigenvalue weighted by Crippen LogP contribution is -2.68. The Bertz CT molecular complexity index is 1280. The fraction of sp³-hybridized carbons (Fsp3) is 0.533. The van der Waals surface area contributed by atoms with Gasteiger partial charge in [0.15, 0.2) is 11.5 Å². The first-order valence-corrected chi connectivity index (χ1v) is 13.7. The molecule has 1 saturated heterocycles. The third-order valence-electron chi connectivity index (χ3n) is 9.11. The van der Waals surface area contributed by atoms with Gasteiger partial charge in [-0.25, -0.2) is 0 Å². The molecule has 2 aliphatic heterocycles. The molecule has 0 unspecified atom stereocenters. The summed E-state index contributed by atoms with van der Waals surface area (Å²) in [5.41, 5.74) is 2.46. The molecule has 1 aromatic heterocycles. The van der Waals surface area contributed by atoms with Crippen LogP contribution in [0.3, 0.4) is 0 Å². The first-order chi connectivity index (χ1) is 18.2. The molecule has 2 bridgehead atoms. The van der Waals surface area contributed by atoms with E-state index < -0.39 is 5.97 Å². The number of rotatable bonds is 6. The fourth-order valence-electron chi connectivity index (χ4n) is 7.74. The van der Waals surface area contributed by atoms with E-state index in [0.717, 1.165) is 48.9 Å². The standard InChI is InChI=1S/C30H36N2O6/c1-17(2)15-32(26(35)8-5-19-9-12-36-16-19)22-7-6-21-23-13-20-25(37-18(3)33)14-24(34)28-27(20)30(21,29(22)38-28)10-11-31(23)4/h5,8-9,12,14,16-17,21-23,29,34H,6-7,10-11,13,15H2,1-4H3/b8-5+/t21-,22+,23+,29-,30-/m0/s1. The molecule has 8 heteroatoms. The van der Waals surface area contributed by atoms with E-state index in [1.807, 2.05) is 11.0 Å². The molecular weight excluding hydrogens is 484 g/mol. The highest BCUT2D eigenvalue weighted by Crippen LogP contribution is 2.65. The summed E-state index contributed by atoms with van der Waals surface area (Å²) in [5.74, 6) is 1.08. The highest BCUT2D eigenvalue weighted by Gasteiger charge is 2.66. The third-order valence-corrected chi connectivity index (χ3v) is 9.11. The van der Waals surface area contributed by atoms with E-state index >= 15 is 0 Å². The Morgan fingerprint density at radius 1 is 1.34 bits per heavy atom. The average molecular weight is 521 g/mol. The summed E-state index contributed by atoms with van der Waals surface area (Å²) in [6, 6.07) is 3.49.